The third-order valence-electron chi connectivity index (χ3n) is 7.04. The van der Waals surface area contributed by atoms with Crippen LogP contribution < -0.4 is 10.6 Å². The van der Waals surface area contributed by atoms with Gasteiger partial charge in [0.2, 0.25) is 11.8 Å². The summed E-state index contributed by atoms with van der Waals surface area (Å²) in [5.74, 6) is -2.83. The Morgan fingerprint density at radius 3 is 2.50 bits per heavy atom. The average Bonchev–Trinajstić information content (AvgIpc) is 3.31. The molecule has 2 heterocycles. The second-order valence-electron chi connectivity index (χ2n) is 8.99. The van der Waals surface area contributed by atoms with Crippen molar-refractivity contribution in [1.29, 1.82) is 0 Å². The summed E-state index contributed by atoms with van der Waals surface area (Å²) < 4.78 is 0. The molecule has 4 unspecified atom stereocenters. The lowest BCUT2D eigenvalue weighted by Gasteiger charge is -2.31. The summed E-state index contributed by atoms with van der Waals surface area (Å²) in [5.41, 5.74) is 1.48. The molecular weight excluding hydrogens is 450 g/mol. The summed E-state index contributed by atoms with van der Waals surface area (Å²) in [6, 6.07) is 17.0. The second-order valence-corrected chi connectivity index (χ2v) is 9.98. The number of imide groups is 1. The molecule has 0 aliphatic carbocycles. The summed E-state index contributed by atoms with van der Waals surface area (Å²) in [6.45, 7) is 3.24. The highest BCUT2D eigenvalue weighted by Crippen LogP contribution is 2.50. The lowest BCUT2D eigenvalue weighted by Crippen LogP contribution is -2.56. The number of likely N-dealkylation sites (tertiary alicyclic amines) is 1. The highest BCUT2D eigenvalue weighted by atomic mass is 32.2. The number of nitrogens with zero attached hydrogens (tertiary/aromatic N) is 1. The van der Waals surface area contributed by atoms with E-state index in [4.69, 9.17) is 0 Å². The monoisotopic (exact) mass is 481 g/mol. The van der Waals surface area contributed by atoms with E-state index < -0.39 is 29.4 Å². The van der Waals surface area contributed by atoms with Gasteiger partial charge in [0, 0.05) is 25.7 Å². The third-order valence-corrected chi connectivity index (χ3v) is 7.65. The van der Waals surface area contributed by atoms with Gasteiger partial charge in [0.25, 0.3) is 0 Å². The minimum Gasteiger partial charge on any atom is -0.480 e. The van der Waals surface area contributed by atoms with E-state index in [1.54, 1.807) is 0 Å². The number of thioether (sulfide) groups is 1. The van der Waals surface area contributed by atoms with Gasteiger partial charge >= 0.3 is 5.97 Å². The van der Waals surface area contributed by atoms with Gasteiger partial charge in [0.05, 0.1) is 11.8 Å². The average molecular weight is 482 g/mol. The number of carboxylic acid groups (broad SMARTS) is 1. The van der Waals surface area contributed by atoms with Gasteiger partial charge < -0.3 is 10.4 Å². The maximum absolute atomic E-state index is 13.6. The van der Waals surface area contributed by atoms with E-state index in [-0.39, 0.29) is 24.8 Å². The van der Waals surface area contributed by atoms with E-state index in [1.807, 2.05) is 67.8 Å². The molecule has 0 spiro atoms. The Morgan fingerprint density at radius 2 is 1.82 bits per heavy atom. The number of hydrogen-bond acceptors (Lipinski definition) is 6. The fourth-order valence-electron chi connectivity index (χ4n) is 5.30. The molecule has 2 aromatic carbocycles. The number of carbonyl (C=O) groups is 3. The number of hydrogen-bond donors (Lipinski definition) is 3. The van der Waals surface area contributed by atoms with Crippen molar-refractivity contribution < 1.29 is 19.5 Å². The molecule has 2 fully saturated rings. The van der Waals surface area contributed by atoms with E-state index in [2.05, 4.69) is 10.6 Å². The van der Waals surface area contributed by atoms with Crippen LogP contribution >= 0.6 is 11.8 Å². The first kappa shape index (κ1) is 24.4. The third kappa shape index (κ3) is 4.37. The summed E-state index contributed by atoms with van der Waals surface area (Å²) in [6.07, 6.45) is 2.18. The van der Waals surface area contributed by atoms with Crippen LogP contribution in [0.2, 0.25) is 0 Å². The number of amides is 2. The predicted octanol–water partition coefficient (Wildman–Crippen LogP) is 2.61. The molecule has 0 aromatic heterocycles. The Balaban J connectivity index is 1.59. The number of benzene rings is 2. The smallest absolute Gasteiger partial charge is 0.324 e. The van der Waals surface area contributed by atoms with Gasteiger partial charge in [-0.15, -0.1) is 0 Å². The molecule has 3 N–H and O–H groups in total. The van der Waals surface area contributed by atoms with Crippen LogP contribution in [0.15, 0.2) is 54.6 Å². The van der Waals surface area contributed by atoms with Crippen molar-refractivity contribution in [3.8, 4) is 0 Å². The molecule has 0 radical (unpaired) electrons. The normalized spacial score (nSPS) is 26.2. The molecule has 4 atom stereocenters. The molecule has 0 saturated carbocycles. The van der Waals surface area contributed by atoms with E-state index in [0.29, 0.717) is 18.8 Å². The van der Waals surface area contributed by atoms with Gasteiger partial charge in [0.1, 0.15) is 5.54 Å². The molecule has 180 valence electrons. The minimum atomic E-state index is -1.47. The second kappa shape index (κ2) is 10.3. The zero-order valence-electron chi connectivity index (χ0n) is 19.5. The summed E-state index contributed by atoms with van der Waals surface area (Å²) in [5, 5.41) is 16.9. The predicted molar refractivity (Wildman–Crippen MR) is 132 cm³/mol. The van der Waals surface area contributed by atoms with Crippen LogP contribution in [0.3, 0.4) is 0 Å². The van der Waals surface area contributed by atoms with E-state index in [1.165, 1.54) is 16.7 Å². The fourth-order valence-corrected chi connectivity index (χ4v) is 5.83. The Morgan fingerprint density at radius 1 is 1.12 bits per heavy atom. The van der Waals surface area contributed by atoms with Gasteiger partial charge in [-0.05, 0) is 42.0 Å². The number of fused-ring (bicyclic) bond motifs is 1. The lowest BCUT2D eigenvalue weighted by atomic mass is 9.77. The molecule has 2 aliphatic rings. The Hall–Kier alpha value is -2.68. The topological polar surface area (TPSA) is 98.7 Å². The van der Waals surface area contributed by atoms with E-state index >= 15 is 0 Å². The largest absolute Gasteiger partial charge is 0.480 e. The van der Waals surface area contributed by atoms with Crippen molar-refractivity contribution in [2.24, 2.45) is 11.8 Å². The minimum absolute atomic E-state index is 0.218. The summed E-state index contributed by atoms with van der Waals surface area (Å²) in [4.78, 5) is 41.1. The van der Waals surface area contributed by atoms with Crippen molar-refractivity contribution in [1.82, 2.24) is 15.5 Å². The Labute approximate surface area is 204 Å². The van der Waals surface area contributed by atoms with Gasteiger partial charge in [-0.3, -0.25) is 24.6 Å². The zero-order chi connectivity index (χ0) is 24.3. The summed E-state index contributed by atoms with van der Waals surface area (Å²) >= 11 is 1.53. The first-order valence-electron chi connectivity index (χ1n) is 11.6. The lowest BCUT2D eigenvalue weighted by molar-refractivity contribution is -0.151. The molecule has 34 heavy (non-hydrogen) atoms. The molecular formula is C26H31N3O4S. The number of carbonyl (C=O) groups excluding carboxylic acids is 2. The molecule has 0 bridgehead atoms. The van der Waals surface area contributed by atoms with E-state index in [9.17, 15) is 19.5 Å². The quantitative estimate of drug-likeness (QED) is 0.354. The van der Waals surface area contributed by atoms with Crippen molar-refractivity contribution in [2.75, 3.05) is 25.1 Å². The number of nitrogens with one attached hydrogen (secondary N) is 2. The first-order valence-corrected chi connectivity index (χ1v) is 13.0. The van der Waals surface area contributed by atoms with Crippen LogP contribution in [-0.4, -0.2) is 58.4 Å². The van der Waals surface area contributed by atoms with Crippen LogP contribution in [0.5, 0.6) is 0 Å². The maximum atomic E-state index is 13.6. The van der Waals surface area contributed by atoms with Crippen LogP contribution in [0.4, 0.5) is 0 Å². The Kier molecular flexibility index (Phi) is 7.40. The Bertz CT molecular complexity index is 1060. The van der Waals surface area contributed by atoms with Crippen molar-refractivity contribution in [3.05, 3.63) is 71.3 Å². The molecule has 2 saturated heterocycles. The zero-order valence-corrected chi connectivity index (χ0v) is 20.3. The van der Waals surface area contributed by atoms with Crippen LogP contribution in [0.25, 0.3) is 0 Å². The molecule has 4 rings (SSSR count). The van der Waals surface area contributed by atoms with Gasteiger partial charge in [0.15, 0.2) is 0 Å². The van der Waals surface area contributed by atoms with Crippen LogP contribution in [0.1, 0.15) is 29.2 Å². The van der Waals surface area contributed by atoms with Crippen molar-refractivity contribution in [3.63, 3.8) is 0 Å². The first-order chi connectivity index (χ1) is 16.4. The molecule has 7 nitrogen and oxygen atoms in total. The number of aryl methyl sites for hydroxylation is 1. The van der Waals surface area contributed by atoms with Crippen LogP contribution in [-0.2, 0) is 20.9 Å². The maximum Gasteiger partial charge on any atom is 0.324 e. The molecule has 2 amide bonds. The van der Waals surface area contributed by atoms with Gasteiger partial charge in [-0.2, -0.15) is 11.8 Å². The van der Waals surface area contributed by atoms with Crippen molar-refractivity contribution >= 4 is 29.5 Å². The molecule has 2 aromatic rings. The summed E-state index contributed by atoms with van der Waals surface area (Å²) in [7, 11) is 0. The van der Waals surface area contributed by atoms with E-state index in [0.717, 1.165) is 16.7 Å². The highest BCUT2D eigenvalue weighted by molar-refractivity contribution is 7.98. The number of aliphatic carboxylic acids is 1. The SMILES string of the molecule is CSCCC1(C(=O)O)NC(c2ccccc2C)C2C(=O)N(CCNCc3ccccc3)C(=O)C21. The highest BCUT2D eigenvalue weighted by Gasteiger charge is 2.68. The fraction of sp³-hybridized carbons (Fsp3) is 0.423. The molecule has 2 aliphatic heterocycles. The van der Waals surface area contributed by atoms with Crippen molar-refractivity contribution in [2.45, 2.75) is 31.5 Å². The number of carboxylic acids is 1. The standard InChI is InChI=1S/C26H31N3O4S/c1-17-8-6-7-11-19(17)22-20-21(26(28-22,25(32)33)12-15-34-2)24(31)29(23(20)30)14-13-27-16-18-9-4-3-5-10-18/h3-11,20-22,27-28H,12-16H2,1-2H3,(H,32,33). The van der Waals surface area contributed by atoms with Crippen LogP contribution in [0, 0.1) is 18.8 Å². The molecule has 8 heteroatoms. The van der Waals surface area contributed by atoms with Gasteiger partial charge in [-0.1, -0.05) is 54.6 Å². The van der Waals surface area contributed by atoms with Gasteiger partial charge in [-0.25, -0.2) is 0 Å². The number of rotatable bonds is 10.